The van der Waals surface area contributed by atoms with Crippen LogP contribution in [0.1, 0.15) is 23.2 Å². The number of carbonyl (C=O) groups excluding carboxylic acids is 1. The van der Waals surface area contributed by atoms with Crippen LogP contribution in [0.5, 0.6) is 0 Å². The summed E-state index contributed by atoms with van der Waals surface area (Å²) in [5.41, 5.74) is 2.93. The van der Waals surface area contributed by atoms with Gasteiger partial charge in [-0.1, -0.05) is 18.2 Å². The predicted octanol–water partition coefficient (Wildman–Crippen LogP) is 3.06. The number of Topliss-reactive ketones (excluding diaryl/α,β-unsaturated/α-hetero) is 1. The molecular formula is C20H22N2O3. The van der Waals surface area contributed by atoms with E-state index >= 15 is 0 Å². The summed E-state index contributed by atoms with van der Waals surface area (Å²) >= 11 is 0. The fourth-order valence-electron chi connectivity index (χ4n) is 3.08. The molecule has 0 radical (unpaired) electrons. The highest BCUT2D eigenvalue weighted by atomic mass is 16.4. The number of benzene rings is 2. The molecule has 0 aliphatic carbocycles. The van der Waals surface area contributed by atoms with Gasteiger partial charge in [0.2, 0.25) is 0 Å². The summed E-state index contributed by atoms with van der Waals surface area (Å²) in [6.45, 7) is 3.79. The van der Waals surface area contributed by atoms with Crippen LogP contribution in [0.4, 0.5) is 11.4 Å². The van der Waals surface area contributed by atoms with Gasteiger partial charge in [-0.2, -0.15) is 0 Å². The third-order valence-electron chi connectivity index (χ3n) is 4.52. The van der Waals surface area contributed by atoms with Crippen LogP contribution in [0.3, 0.4) is 0 Å². The molecule has 5 heteroatoms. The summed E-state index contributed by atoms with van der Waals surface area (Å²) in [5, 5.41) is 8.66. The maximum Gasteiger partial charge on any atom is 0.303 e. The van der Waals surface area contributed by atoms with Crippen molar-refractivity contribution in [1.29, 1.82) is 0 Å². The van der Waals surface area contributed by atoms with Crippen LogP contribution >= 0.6 is 0 Å². The first-order valence-corrected chi connectivity index (χ1v) is 8.53. The Bertz CT molecular complexity index is 720. The Morgan fingerprint density at radius 2 is 1.28 bits per heavy atom. The number of carbonyl (C=O) groups is 2. The lowest BCUT2D eigenvalue weighted by Crippen LogP contribution is -2.46. The van der Waals surface area contributed by atoms with Gasteiger partial charge >= 0.3 is 5.97 Å². The summed E-state index contributed by atoms with van der Waals surface area (Å²) in [7, 11) is 0. The van der Waals surface area contributed by atoms with Gasteiger partial charge in [-0.15, -0.1) is 0 Å². The average Bonchev–Trinajstić information content (AvgIpc) is 2.67. The molecule has 5 nitrogen and oxygen atoms in total. The molecule has 1 fully saturated rings. The van der Waals surface area contributed by atoms with Crippen molar-refractivity contribution in [2.24, 2.45) is 0 Å². The molecule has 0 bridgehead atoms. The molecule has 1 aliphatic heterocycles. The molecule has 0 aromatic heterocycles. The number of ketones is 1. The molecule has 1 heterocycles. The lowest BCUT2D eigenvalue weighted by Gasteiger charge is -2.37. The van der Waals surface area contributed by atoms with Gasteiger partial charge in [0.05, 0.1) is 6.42 Å². The van der Waals surface area contributed by atoms with E-state index in [0.29, 0.717) is 5.56 Å². The van der Waals surface area contributed by atoms with E-state index in [1.165, 1.54) is 5.69 Å². The zero-order valence-corrected chi connectivity index (χ0v) is 14.1. The highest BCUT2D eigenvalue weighted by Crippen LogP contribution is 2.21. The first kappa shape index (κ1) is 17.0. The van der Waals surface area contributed by atoms with E-state index < -0.39 is 5.97 Å². The summed E-state index contributed by atoms with van der Waals surface area (Å²) in [6, 6.07) is 17.9. The highest BCUT2D eigenvalue weighted by Gasteiger charge is 2.17. The third-order valence-corrected chi connectivity index (χ3v) is 4.52. The number of anilines is 2. The number of para-hydroxylation sites is 1. The van der Waals surface area contributed by atoms with Crippen molar-refractivity contribution in [2.45, 2.75) is 12.8 Å². The predicted molar refractivity (Wildman–Crippen MR) is 98.5 cm³/mol. The number of carboxylic acid groups (broad SMARTS) is 1. The smallest absolute Gasteiger partial charge is 0.303 e. The van der Waals surface area contributed by atoms with Crippen molar-refractivity contribution in [3.8, 4) is 0 Å². The van der Waals surface area contributed by atoms with E-state index in [2.05, 4.69) is 34.1 Å². The molecular weight excluding hydrogens is 316 g/mol. The number of rotatable bonds is 6. The van der Waals surface area contributed by atoms with Gasteiger partial charge in [0.1, 0.15) is 0 Å². The molecule has 1 saturated heterocycles. The SMILES string of the molecule is O=C(O)CCC(=O)c1ccc(N2CCN(c3ccccc3)CC2)cc1. The normalized spacial score (nSPS) is 14.4. The summed E-state index contributed by atoms with van der Waals surface area (Å²) in [6.07, 6.45) is -0.0769. The van der Waals surface area contributed by atoms with Gasteiger partial charge in [0.25, 0.3) is 0 Å². The molecule has 0 amide bonds. The van der Waals surface area contributed by atoms with E-state index in [9.17, 15) is 9.59 Å². The second-order valence-corrected chi connectivity index (χ2v) is 6.17. The molecule has 0 saturated carbocycles. The van der Waals surface area contributed by atoms with Gasteiger partial charge < -0.3 is 14.9 Å². The van der Waals surface area contributed by atoms with Crippen LogP contribution in [0, 0.1) is 0 Å². The minimum Gasteiger partial charge on any atom is -0.481 e. The first-order chi connectivity index (χ1) is 12.1. The van der Waals surface area contributed by atoms with Crippen LogP contribution in [-0.2, 0) is 4.79 Å². The molecule has 1 N–H and O–H groups in total. The Morgan fingerprint density at radius 1 is 0.760 bits per heavy atom. The van der Waals surface area contributed by atoms with Crippen molar-refractivity contribution >= 4 is 23.1 Å². The standard InChI is InChI=1S/C20H22N2O3/c23-19(10-11-20(24)25)16-6-8-18(9-7-16)22-14-12-21(13-15-22)17-4-2-1-3-5-17/h1-9H,10-15H2,(H,24,25). The minimum atomic E-state index is -0.943. The fraction of sp³-hybridized carbons (Fsp3) is 0.300. The van der Waals surface area contributed by atoms with E-state index in [4.69, 9.17) is 5.11 Å². The van der Waals surface area contributed by atoms with Crippen molar-refractivity contribution in [3.63, 3.8) is 0 Å². The van der Waals surface area contributed by atoms with Crippen LogP contribution in [0.25, 0.3) is 0 Å². The van der Waals surface area contributed by atoms with Crippen molar-refractivity contribution in [1.82, 2.24) is 0 Å². The molecule has 25 heavy (non-hydrogen) atoms. The zero-order valence-electron chi connectivity index (χ0n) is 14.1. The van der Waals surface area contributed by atoms with Crippen LogP contribution in [0.15, 0.2) is 54.6 Å². The average molecular weight is 338 g/mol. The summed E-state index contributed by atoms with van der Waals surface area (Å²) in [4.78, 5) is 27.2. The van der Waals surface area contributed by atoms with Gasteiger partial charge in [0, 0.05) is 49.5 Å². The first-order valence-electron chi connectivity index (χ1n) is 8.53. The van der Waals surface area contributed by atoms with Crippen molar-refractivity contribution in [2.75, 3.05) is 36.0 Å². The van der Waals surface area contributed by atoms with Crippen molar-refractivity contribution < 1.29 is 14.7 Å². The summed E-state index contributed by atoms with van der Waals surface area (Å²) in [5.74, 6) is -1.07. The fourth-order valence-corrected chi connectivity index (χ4v) is 3.08. The van der Waals surface area contributed by atoms with Crippen LogP contribution in [-0.4, -0.2) is 43.0 Å². The molecule has 0 spiro atoms. The topological polar surface area (TPSA) is 60.9 Å². The number of nitrogens with zero attached hydrogens (tertiary/aromatic N) is 2. The molecule has 2 aromatic rings. The van der Waals surface area contributed by atoms with Gasteiger partial charge in [-0.05, 0) is 36.4 Å². The minimum absolute atomic E-state index is 0.0461. The van der Waals surface area contributed by atoms with Gasteiger partial charge in [-0.25, -0.2) is 0 Å². The van der Waals surface area contributed by atoms with Gasteiger partial charge in [-0.3, -0.25) is 9.59 Å². The number of aliphatic carboxylic acids is 1. The Labute approximate surface area is 147 Å². The molecule has 0 atom stereocenters. The molecule has 1 aliphatic rings. The summed E-state index contributed by atoms with van der Waals surface area (Å²) < 4.78 is 0. The van der Waals surface area contributed by atoms with Crippen LogP contribution < -0.4 is 9.80 Å². The van der Waals surface area contributed by atoms with Crippen LogP contribution in [0.2, 0.25) is 0 Å². The van der Waals surface area contributed by atoms with Crippen molar-refractivity contribution in [3.05, 3.63) is 60.2 Å². The largest absolute Gasteiger partial charge is 0.481 e. The van der Waals surface area contributed by atoms with E-state index in [1.807, 2.05) is 18.2 Å². The molecule has 130 valence electrons. The Morgan fingerprint density at radius 3 is 1.80 bits per heavy atom. The third kappa shape index (κ3) is 4.38. The number of hydrogen-bond donors (Lipinski definition) is 1. The van der Waals surface area contributed by atoms with Gasteiger partial charge in [0.15, 0.2) is 5.78 Å². The number of carboxylic acids is 1. The number of piperazine rings is 1. The maximum atomic E-state index is 12.0. The second kappa shape index (κ2) is 7.83. The maximum absolute atomic E-state index is 12.0. The van der Waals surface area contributed by atoms with E-state index in [0.717, 1.165) is 31.9 Å². The zero-order chi connectivity index (χ0) is 17.6. The monoisotopic (exact) mass is 338 g/mol. The molecule has 0 unspecified atom stereocenters. The lowest BCUT2D eigenvalue weighted by atomic mass is 10.1. The Kier molecular flexibility index (Phi) is 5.33. The number of hydrogen-bond acceptors (Lipinski definition) is 4. The Hall–Kier alpha value is -2.82. The molecule has 2 aromatic carbocycles. The second-order valence-electron chi connectivity index (χ2n) is 6.17. The van der Waals surface area contributed by atoms with E-state index in [-0.39, 0.29) is 18.6 Å². The quantitative estimate of drug-likeness (QED) is 0.820. The lowest BCUT2D eigenvalue weighted by molar-refractivity contribution is -0.136. The highest BCUT2D eigenvalue weighted by molar-refractivity contribution is 5.97. The van der Waals surface area contributed by atoms with E-state index in [1.54, 1.807) is 12.1 Å². The molecule has 3 rings (SSSR count). The Balaban J connectivity index is 1.57.